The number of carbonyl (C=O) groups is 2. The lowest BCUT2D eigenvalue weighted by Crippen LogP contribution is -2.16. The molecule has 3 rings (SSSR count). The fraction of sp³-hybridized carbons (Fsp3) is 0.286. The molecule has 1 N–H and O–H groups in total. The largest absolute Gasteiger partial charge is 0.465 e. The Bertz CT molecular complexity index is 1090. The van der Waals surface area contributed by atoms with Gasteiger partial charge in [-0.25, -0.2) is 4.79 Å². The minimum absolute atomic E-state index is 0.116. The number of allylic oxidation sites excluding steroid dienone is 1. The number of aryl methyl sites for hydroxylation is 1. The number of aromatic nitrogens is 4. The summed E-state index contributed by atoms with van der Waals surface area (Å²) in [5, 5.41) is 12.5. The van der Waals surface area contributed by atoms with Crippen molar-refractivity contribution in [2.75, 3.05) is 18.2 Å². The van der Waals surface area contributed by atoms with E-state index in [4.69, 9.17) is 4.74 Å². The number of hydrogen-bond donors (Lipinski definition) is 1. The third-order valence-electron chi connectivity index (χ3n) is 4.50. The van der Waals surface area contributed by atoms with Gasteiger partial charge >= 0.3 is 5.97 Å². The predicted octanol–water partition coefficient (Wildman–Crippen LogP) is 3.98. The highest BCUT2D eigenvalue weighted by molar-refractivity contribution is 7.99. The third kappa shape index (κ3) is 5.02. The first-order valence-electron chi connectivity index (χ1n) is 9.57. The van der Waals surface area contributed by atoms with E-state index in [1.54, 1.807) is 18.5 Å². The van der Waals surface area contributed by atoms with Crippen LogP contribution in [0.3, 0.4) is 0 Å². The number of carbonyl (C=O) groups excluding carboxylic acids is 2. The van der Waals surface area contributed by atoms with Crippen molar-refractivity contribution in [1.82, 2.24) is 19.7 Å². The van der Waals surface area contributed by atoms with E-state index in [1.165, 1.54) is 30.2 Å². The molecule has 0 unspecified atom stereocenters. The van der Waals surface area contributed by atoms with Crippen LogP contribution in [-0.2, 0) is 22.5 Å². The second kappa shape index (κ2) is 10.4. The number of thioether (sulfide) groups is 1. The van der Waals surface area contributed by atoms with E-state index >= 15 is 0 Å². The van der Waals surface area contributed by atoms with Crippen molar-refractivity contribution in [1.29, 1.82) is 0 Å². The number of nitrogens with zero attached hydrogens (tertiary/aromatic N) is 4. The molecule has 0 fully saturated rings. The maximum atomic E-state index is 12.6. The Morgan fingerprint density at radius 1 is 1.32 bits per heavy atom. The second-order valence-corrected chi connectivity index (χ2v) is 8.63. The molecule has 10 heteroatoms. The summed E-state index contributed by atoms with van der Waals surface area (Å²) < 4.78 is 6.80. The molecule has 0 aliphatic heterocycles. The second-order valence-electron chi connectivity index (χ2n) is 6.46. The molecule has 0 bridgehead atoms. The lowest BCUT2D eigenvalue weighted by molar-refractivity contribution is -0.113. The van der Waals surface area contributed by atoms with E-state index in [0.717, 1.165) is 16.0 Å². The number of esters is 1. The third-order valence-corrected chi connectivity index (χ3v) is 6.53. The Morgan fingerprint density at radius 3 is 2.71 bits per heavy atom. The van der Waals surface area contributed by atoms with Gasteiger partial charge in [0.2, 0.25) is 5.91 Å². The molecular formula is C21H23N5O3S2. The van der Waals surface area contributed by atoms with Crippen molar-refractivity contribution >= 4 is 40.0 Å². The van der Waals surface area contributed by atoms with Crippen LogP contribution >= 0.6 is 23.1 Å². The average molecular weight is 458 g/mol. The summed E-state index contributed by atoms with van der Waals surface area (Å²) in [7, 11) is 1.34. The summed E-state index contributed by atoms with van der Waals surface area (Å²) in [5.41, 5.74) is 2.21. The molecule has 0 saturated carbocycles. The number of ether oxygens (including phenoxy) is 1. The number of methoxy groups -OCH3 is 1. The topological polar surface area (TPSA) is 99.0 Å². The van der Waals surface area contributed by atoms with Gasteiger partial charge in [-0.15, -0.1) is 28.1 Å². The van der Waals surface area contributed by atoms with Crippen LogP contribution in [0.15, 0.2) is 42.3 Å². The minimum Gasteiger partial charge on any atom is -0.465 e. The van der Waals surface area contributed by atoms with E-state index in [-0.39, 0.29) is 11.7 Å². The highest BCUT2D eigenvalue weighted by Gasteiger charge is 2.23. The molecule has 8 nitrogen and oxygen atoms in total. The first kappa shape index (κ1) is 22.7. The minimum atomic E-state index is -0.447. The van der Waals surface area contributed by atoms with E-state index < -0.39 is 5.97 Å². The van der Waals surface area contributed by atoms with Crippen molar-refractivity contribution in [2.45, 2.75) is 32.0 Å². The van der Waals surface area contributed by atoms with E-state index in [9.17, 15) is 9.59 Å². The van der Waals surface area contributed by atoms with Gasteiger partial charge in [0.25, 0.3) is 0 Å². The lowest BCUT2D eigenvalue weighted by Gasteiger charge is -2.08. The van der Waals surface area contributed by atoms with Crippen LogP contribution in [0.2, 0.25) is 0 Å². The maximum absolute atomic E-state index is 12.6. The molecule has 31 heavy (non-hydrogen) atoms. The smallest absolute Gasteiger partial charge is 0.341 e. The summed E-state index contributed by atoms with van der Waals surface area (Å²) in [6.45, 7) is 8.20. The van der Waals surface area contributed by atoms with Crippen molar-refractivity contribution < 1.29 is 14.3 Å². The van der Waals surface area contributed by atoms with Crippen LogP contribution in [0.4, 0.5) is 5.00 Å². The Balaban J connectivity index is 1.76. The number of rotatable bonds is 9. The normalized spacial score (nSPS) is 10.7. The van der Waals surface area contributed by atoms with Gasteiger partial charge in [-0.3, -0.25) is 14.3 Å². The molecule has 3 heterocycles. The van der Waals surface area contributed by atoms with Crippen LogP contribution in [0.25, 0.3) is 11.4 Å². The number of anilines is 1. The highest BCUT2D eigenvalue weighted by atomic mass is 32.2. The monoisotopic (exact) mass is 457 g/mol. The average Bonchev–Trinajstić information content (AvgIpc) is 3.32. The molecule has 0 spiro atoms. The van der Waals surface area contributed by atoms with Crippen molar-refractivity contribution in [2.24, 2.45) is 0 Å². The van der Waals surface area contributed by atoms with E-state index in [2.05, 4.69) is 27.1 Å². The molecule has 0 aliphatic rings. The van der Waals surface area contributed by atoms with Gasteiger partial charge in [-0.1, -0.05) is 24.8 Å². The first-order chi connectivity index (χ1) is 15.0. The number of nitrogens with one attached hydrogen (secondary N) is 1. The van der Waals surface area contributed by atoms with Gasteiger partial charge in [0, 0.05) is 29.4 Å². The Hall–Kier alpha value is -2.98. The predicted molar refractivity (Wildman–Crippen MR) is 123 cm³/mol. The Morgan fingerprint density at radius 2 is 2.06 bits per heavy atom. The highest BCUT2D eigenvalue weighted by Crippen LogP contribution is 2.34. The Kier molecular flexibility index (Phi) is 7.59. The van der Waals surface area contributed by atoms with Gasteiger partial charge in [-0.05, 0) is 31.0 Å². The summed E-state index contributed by atoms with van der Waals surface area (Å²) in [4.78, 5) is 29.9. The fourth-order valence-electron chi connectivity index (χ4n) is 3.11. The molecule has 0 atom stereocenters. The molecule has 0 aromatic carbocycles. The van der Waals surface area contributed by atoms with Crippen molar-refractivity contribution in [3.05, 3.63) is 53.2 Å². The Labute approximate surface area is 188 Å². The fourth-order valence-corrected chi connectivity index (χ4v) is 5.00. The zero-order chi connectivity index (χ0) is 22.4. The quantitative estimate of drug-likeness (QED) is 0.295. The molecule has 1 amide bonds. The molecule has 0 radical (unpaired) electrons. The molecule has 0 saturated heterocycles. The number of amides is 1. The van der Waals surface area contributed by atoms with E-state index in [1.807, 2.05) is 30.5 Å². The molecule has 0 aliphatic carbocycles. The molecule has 162 valence electrons. The molecule has 3 aromatic heterocycles. The number of pyridine rings is 1. The zero-order valence-corrected chi connectivity index (χ0v) is 19.2. The van der Waals surface area contributed by atoms with Gasteiger partial charge in [0.05, 0.1) is 18.4 Å². The summed E-state index contributed by atoms with van der Waals surface area (Å²) in [6, 6.07) is 3.70. The lowest BCUT2D eigenvalue weighted by atomic mass is 10.1. The van der Waals surface area contributed by atoms with Crippen LogP contribution < -0.4 is 5.32 Å². The van der Waals surface area contributed by atoms with Gasteiger partial charge in [-0.2, -0.15) is 0 Å². The van der Waals surface area contributed by atoms with Crippen LogP contribution in [0.1, 0.15) is 27.7 Å². The zero-order valence-electron chi connectivity index (χ0n) is 17.5. The summed E-state index contributed by atoms with van der Waals surface area (Å²) in [6.07, 6.45) is 5.81. The maximum Gasteiger partial charge on any atom is 0.341 e. The number of hydrogen-bond acceptors (Lipinski definition) is 8. The van der Waals surface area contributed by atoms with Gasteiger partial charge in [0.15, 0.2) is 11.0 Å². The van der Waals surface area contributed by atoms with Gasteiger partial charge in [0.1, 0.15) is 5.00 Å². The summed E-state index contributed by atoms with van der Waals surface area (Å²) >= 11 is 2.65. The summed E-state index contributed by atoms with van der Waals surface area (Å²) in [5.74, 6) is 0.110. The van der Waals surface area contributed by atoms with E-state index in [0.29, 0.717) is 34.5 Å². The van der Waals surface area contributed by atoms with Crippen LogP contribution in [-0.4, -0.2) is 44.5 Å². The van der Waals surface area contributed by atoms with Gasteiger partial charge < -0.3 is 10.1 Å². The van der Waals surface area contributed by atoms with Crippen molar-refractivity contribution in [3.63, 3.8) is 0 Å². The molecular weight excluding hydrogens is 434 g/mol. The number of thiophene rings is 1. The molecule has 3 aromatic rings. The van der Waals surface area contributed by atoms with Crippen LogP contribution in [0.5, 0.6) is 0 Å². The van der Waals surface area contributed by atoms with Crippen LogP contribution in [0, 0.1) is 6.92 Å². The SMILES string of the molecule is C=CCn1c(SCC(=O)Nc2sc(C)c(CC)c2C(=O)OC)nnc1-c1ccncc1. The first-order valence-corrected chi connectivity index (χ1v) is 11.4. The standard InChI is InChI=1S/C21H23N5O3S2/c1-5-11-26-18(14-7-9-22-10-8-14)24-25-21(26)30-12-16(27)23-19-17(20(28)29-4)15(6-2)13(3)31-19/h5,7-10H,1,6,11-12H2,2-4H3,(H,23,27). The van der Waals surface area contributed by atoms with Crippen molar-refractivity contribution in [3.8, 4) is 11.4 Å².